The molecule has 0 aliphatic carbocycles. The number of rotatable bonds is 4. The first kappa shape index (κ1) is 13.8. The smallest absolute Gasteiger partial charge is 0.280 e. The Morgan fingerprint density at radius 1 is 1.41 bits per heavy atom. The number of hydrogen-bond acceptors (Lipinski definition) is 3. The van der Waals surface area contributed by atoms with E-state index in [1.54, 1.807) is 18.2 Å². The van der Waals surface area contributed by atoms with Crippen molar-refractivity contribution >= 4 is 17.5 Å². The van der Waals surface area contributed by atoms with Crippen LogP contribution in [0.3, 0.4) is 0 Å². The molecule has 0 spiro atoms. The average molecular weight is 258 g/mol. The van der Waals surface area contributed by atoms with Crippen LogP contribution in [0, 0.1) is 0 Å². The van der Waals surface area contributed by atoms with Gasteiger partial charge in [-0.05, 0) is 32.0 Å². The lowest BCUT2D eigenvalue weighted by molar-refractivity contribution is -0.0758. The summed E-state index contributed by atoms with van der Waals surface area (Å²) in [5.74, 6) is 0.198. The van der Waals surface area contributed by atoms with Crippen LogP contribution in [0.15, 0.2) is 18.2 Å². The van der Waals surface area contributed by atoms with E-state index in [0.29, 0.717) is 16.3 Å². The third-order valence-electron chi connectivity index (χ3n) is 2.09. The summed E-state index contributed by atoms with van der Waals surface area (Å²) in [5.41, 5.74) is 0.385. The highest BCUT2D eigenvalue weighted by atomic mass is 35.5. The van der Waals surface area contributed by atoms with Crippen molar-refractivity contribution in [2.24, 2.45) is 0 Å². The van der Waals surface area contributed by atoms with Gasteiger partial charge in [0.25, 0.3) is 5.91 Å². The second kappa shape index (κ2) is 5.89. The topological polar surface area (TPSA) is 38.8 Å². The normalized spacial score (nSPS) is 10.5. The minimum atomic E-state index is -0.300. The Bertz CT molecular complexity index is 407. The summed E-state index contributed by atoms with van der Waals surface area (Å²) in [6.45, 7) is 3.78. The number of benzene rings is 1. The zero-order valence-corrected chi connectivity index (χ0v) is 11.1. The molecule has 1 aromatic carbocycles. The molecule has 0 aliphatic rings. The standard InChI is InChI=1S/C12H16ClNO3/c1-8(2)17-11-6-5-9(13)7-10(11)12(15)14(3)16-4/h5-8H,1-4H3. The van der Waals surface area contributed by atoms with Crippen LogP contribution in [0.25, 0.3) is 0 Å². The second-order valence-corrected chi connectivity index (χ2v) is 4.23. The molecule has 17 heavy (non-hydrogen) atoms. The first-order valence-electron chi connectivity index (χ1n) is 5.24. The minimum Gasteiger partial charge on any atom is -0.490 e. The monoisotopic (exact) mass is 257 g/mol. The van der Waals surface area contributed by atoms with Gasteiger partial charge in [-0.2, -0.15) is 0 Å². The zero-order chi connectivity index (χ0) is 13.0. The fraction of sp³-hybridized carbons (Fsp3) is 0.417. The first-order valence-corrected chi connectivity index (χ1v) is 5.62. The SMILES string of the molecule is CON(C)C(=O)c1cc(Cl)ccc1OC(C)C. The maximum absolute atomic E-state index is 12.0. The average Bonchev–Trinajstić information content (AvgIpc) is 2.29. The number of halogens is 1. The number of hydrogen-bond donors (Lipinski definition) is 0. The molecule has 1 rings (SSSR count). The number of carbonyl (C=O) groups excluding carboxylic acids is 1. The molecule has 94 valence electrons. The van der Waals surface area contributed by atoms with Crippen LogP contribution in [-0.4, -0.2) is 31.2 Å². The molecule has 0 saturated carbocycles. The van der Waals surface area contributed by atoms with Crippen molar-refractivity contribution in [1.82, 2.24) is 5.06 Å². The molecule has 0 aliphatic heterocycles. The molecular weight excluding hydrogens is 242 g/mol. The van der Waals surface area contributed by atoms with Crippen molar-refractivity contribution in [3.05, 3.63) is 28.8 Å². The molecule has 0 fully saturated rings. The Hall–Kier alpha value is -1.26. The maximum Gasteiger partial charge on any atom is 0.280 e. The van der Waals surface area contributed by atoms with Gasteiger partial charge in [-0.15, -0.1) is 0 Å². The Kier molecular flexibility index (Phi) is 4.78. The molecular formula is C12H16ClNO3. The van der Waals surface area contributed by atoms with E-state index in [1.807, 2.05) is 13.8 Å². The fourth-order valence-electron chi connectivity index (χ4n) is 1.28. The van der Waals surface area contributed by atoms with Gasteiger partial charge in [0.2, 0.25) is 0 Å². The van der Waals surface area contributed by atoms with Crippen molar-refractivity contribution < 1.29 is 14.4 Å². The molecule has 0 N–H and O–H groups in total. The van der Waals surface area contributed by atoms with Gasteiger partial charge in [0.1, 0.15) is 5.75 Å². The summed E-state index contributed by atoms with van der Waals surface area (Å²) in [6, 6.07) is 4.93. The third kappa shape index (κ3) is 3.61. The zero-order valence-electron chi connectivity index (χ0n) is 10.4. The number of carbonyl (C=O) groups is 1. The van der Waals surface area contributed by atoms with Crippen LogP contribution in [0.1, 0.15) is 24.2 Å². The lowest BCUT2D eigenvalue weighted by Gasteiger charge is -2.18. The van der Waals surface area contributed by atoms with E-state index < -0.39 is 0 Å². The summed E-state index contributed by atoms with van der Waals surface area (Å²) < 4.78 is 5.55. The van der Waals surface area contributed by atoms with Crippen LogP contribution >= 0.6 is 11.6 Å². The van der Waals surface area contributed by atoms with Crippen molar-refractivity contribution in [3.8, 4) is 5.75 Å². The summed E-state index contributed by atoms with van der Waals surface area (Å²) in [4.78, 5) is 16.8. The third-order valence-corrected chi connectivity index (χ3v) is 2.33. The lowest BCUT2D eigenvalue weighted by Crippen LogP contribution is -2.26. The van der Waals surface area contributed by atoms with Crippen molar-refractivity contribution in [3.63, 3.8) is 0 Å². The van der Waals surface area contributed by atoms with Gasteiger partial charge in [0.15, 0.2) is 0 Å². The predicted octanol–water partition coefficient (Wildman–Crippen LogP) is 2.76. The Morgan fingerprint density at radius 3 is 2.59 bits per heavy atom. The molecule has 0 unspecified atom stereocenters. The lowest BCUT2D eigenvalue weighted by atomic mass is 10.2. The van der Waals surface area contributed by atoms with E-state index in [9.17, 15) is 4.79 Å². The highest BCUT2D eigenvalue weighted by Gasteiger charge is 2.18. The summed E-state index contributed by atoms with van der Waals surface area (Å²) in [6.07, 6.45) is -0.0180. The highest BCUT2D eigenvalue weighted by molar-refractivity contribution is 6.31. The maximum atomic E-state index is 12.0. The molecule has 1 amide bonds. The van der Waals surface area contributed by atoms with Crippen molar-refractivity contribution in [1.29, 1.82) is 0 Å². The van der Waals surface area contributed by atoms with Crippen LogP contribution in [0.4, 0.5) is 0 Å². The molecule has 1 aromatic rings. The van der Waals surface area contributed by atoms with Crippen LogP contribution in [-0.2, 0) is 4.84 Å². The molecule has 0 aromatic heterocycles. The second-order valence-electron chi connectivity index (χ2n) is 3.79. The van der Waals surface area contributed by atoms with E-state index in [2.05, 4.69) is 0 Å². The molecule has 0 saturated heterocycles. The predicted molar refractivity (Wildman–Crippen MR) is 66.3 cm³/mol. The van der Waals surface area contributed by atoms with Crippen molar-refractivity contribution in [2.45, 2.75) is 20.0 Å². The van der Waals surface area contributed by atoms with Crippen molar-refractivity contribution in [2.75, 3.05) is 14.2 Å². The summed E-state index contributed by atoms with van der Waals surface area (Å²) in [5, 5.41) is 1.60. The molecule has 5 heteroatoms. The number of nitrogens with zero attached hydrogens (tertiary/aromatic N) is 1. The van der Waals surface area contributed by atoms with Crippen LogP contribution in [0.5, 0.6) is 5.75 Å². The fourth-order valence-corrected chi connectivity index (χ4v) is 1.45. The number of amides is 1. The van der Waals surface area contributed by atoms with Gasteiger partial charge in [-0.25, -0.2) is 5.06 Å². The quantitative estimate of drug-likeness (QED) is 0.779. The molecule has 4 nitrogen and oxygen atoms in total. The van der Waals surface area contributed by atoms with E-state index in [1.165, 1.54) is 14.2 Å². The Balaban J connectivity index is 3.10. The molecule has 0 atom stereocenters. The van der Waals surface area contributed by atoms with Crippen LogP contribution < -0.4 is 4.74 Å². The minimum absolute atomic E-state index is 0.0180. The molecule has 0 heterocycles. The number of hydroxylamine groups is 2. The molecule has 0 bridgehead atoms. The Labute approximate surface area is 106 Å². The van der Waals surface area contributed by atoms with E-state index in [4.69, 9.17) is 21.2 Å². The first-order chi connectivity index (χ1) is 7.95. The largest absolute Gasteiger partial charge is 0.490 e. The van der Waals surface area contributed by atoms with E-state index in [0.717, 1.165) is 5.06 Å². The highest BCUT2D eigenvalue weighted by Crippen LogP contribution is 2.25. The Morgan fingerprint density at radius 2 is 2.06 bits per heavy atom. The van der Waals surface area contributed by atoms with Gasteiger partial charge < -0.3 is 4.74 Å². The van der Waals surface area contributed by atoms with Crippen LogP contribution in [0.2, 0.25) is 5.02 Å². The van der Waals surface area contributed by atoms with E-state index in [-0.39, 0.29) is 12.0 Å². The van der Waals surface area contributed by atoms with Gasteiger partial charge in [-0.1, -0.05) is 11.6 Å². The van der Waals surface area contributed by atoms with Gasteiger partial charge in [0.05, 0.1) is 18.8 Å². The summed E-state index contributed by atoms with van der Waals surface area (Å²) >= 11 is 5.88. The number of ether oxygens (including phenoxy) is 1. The van der Waals surface area contributed by atoms with Gasteiger partial charge in [-0.3, -0.25) is 9.63 Å². The summed E-state index contributed by atoms with van der Waals surface area (Å²) in [7, 11) is 2.95. The molecule has 0 radical (unpaired) electrons. The van der Waals surface area contributed by atoms with E-state index >= 15 is 0 Å². The van der Waals surface area contributed by atoms with Gasteiger partial charge >= 0.3 is 0 Å². The van der Waals surface area contributed by atoms with Gasteiger partial charge in [0, 0.05) is 12.1 Å².